The number of nitrogens with zero attached hydrogens (tertiary/aromatic N) is 2. The molecule has 1 aromatic heterocycles. The summed E-state index contributed by atoms with van der Waals surface area (Å²) < 4.78 is 10.7. The Hall–Kier alpha value is -1.74. The third-order valence-corrected chi connectivity index (χ3v) is 3.30. The van der Waals surface area contributed by atoms with Crippen molar-refractivity contribution in [2.24, 2.45) is 10.7 Å². The monoisotopic (exact) mass is 430 g/mol. The molecule has 0 saturated heterocycles. The number of guanidine groups is 1. The number of anilines is 1. The van der Waals surface area contributed by atoms with Crippen LogP contribution in [0.5, 0.6) is 5.75 Å². The van der Waals surface area contributed by atoms with Crippen molar-refractivity contribution in [3.8, 4) is 5.75 Å². The van der Waals surface area contributed by atoms with E-state index in [9.17, 15) is 0 Å². The molecule has 0 aliphatic rings. The Labute approximate surface area is 153 Å². The van der Waals surface area contributed by atoms with E-state index in [4.69, 9.17) is 14.9 Å². The van der Waals surface area contributed by atoms with Gasteiger partial charge in [-0.05, 0) is 38.4 Å². The lowest BCUT2D eigenvalue weighted by Gasteiger charge is -2.20. The molecule has 0 fully saturated rings. The summed E-state index contributed by atoms with van der Waals surface area (Å²) in [6.07, 6.45) is 1.66. The molecule has 2 aromatic rings. The molecule has 23 heavy (non-hydrogen) atoms. The molecule has 1 atom stereocenters. The Morgan fingerprint density at radius 3 is 2.65 bits per heavy atom. The highest BCUT2D eigenvalue weighted by Gasteiger charge is 2.16. The summed E-state index contributed by atoms with van der Waals surface area (Å²) in [4.78, 5) is 6.44. The van der Waals surface area contributed by atoms with E-state index in [0.717, 1.165) is 17.2 Å². The normalized spacial score (nSPS) is 12.6. The highest BCUT2D eigenvalue weighted by Crippen LogP contribution is 2.23. The molecule has 1 aromatic carbocycles. The number of hydrogen-bond acceptors (Lipinski definition) is 4. The maximum absolute atomic E-state index is 5.97. The van der Waals surface area contributed by atoms with Gasteiger partial charge in [-0.25, -0.2) is 0 Å². The van der Waals surface area contributed by atoms with Gasteiger partial charge < -0.3 is 20.2 Å². The van der Waals surface area contributed by atoms with Crippen LogP contribution in [0.15, 0.2) is 52.1 Å². The van der Waals surface area contributed by atoms with E-state index in [2.05, 4.69) is 10.3 Å². The lowest BCUT2D eigenvalue weighted by molar-refractivity contribution is 0.265. The number of nitrogens with two attached hydrogens (primary N) is 1. The standard InChI is InChI=1S/C16H22N4O2.HI/c1-20(2)13(15-9-6-10-22-15)11-18-16(17)19-12-7-4-5-8-14(12)21-3;/h4-10,13H,11H2,1-3H3,(H3,17,18,19);1H. The maximum atomic E-state index is 5.97. The van der Waals surface area contributed by atoms with E-state index < -0.39 is 0 Å². The summed E-state index contributed by atoms with van der Waals surface area (Å²) in [7, 11) is 5.58. The highest BCUT2D eigenvalue weighted by molar-refractivity contribution is 14.0. The van der Waals surface area contributed by atoms with Crippen LogP contribution < -0.4 is 15.8 Å². The number of hydrogen-bond donors (Lipinski definition) is 2. The van der Waals surface area contributed by atoms with Crippen molar-refractivity contribution in [3.05, 3.63) is 48.4 Å². The van der Waals surface area contributed by atoms with Crippen molar-refractivity contribution >= 4 is 35.6 Å². The quantitative estimate of drug-likeness (QED) is 0.419. The molecule has 7 heteroatoms. The SMILES string of the molecule is COc1ccccc1NC(N)=NCC(c1ccco1)N(C)C.I. The number of likely N-dealkylation sites (N-methyl/N-ethyl adjacent to an activating group) is 1. The van der Waals surface area contributed by atoms with E-state index in [1.54, 1.807) is 13.4 Å². The van der Waals surface area contributed by atoms with Crippen LogP contribution in [-0.4, -0.2) is 38.6 Å². The van der Waals surface area contributed by atoms with Gasteiger partial charge in [-0.15, -0.1) is 24.0 Å². The minimum Gasteiger partial charge on any atom is -0.495 e. The molecule has 0 spiro atoms. The van der Waals surface area contributed by atoms with Crippen LogP contribution in [-0.2, 0) is 0 Å². The van der Waals surface area contributed by atoms with Gasteiger partial charge in [-0.1, -0.05) is 12.1 Å². The van der Waals surface area contributed by atoms with Crippen molar-refractivity contribution < 1.29 is 9.15 Å². The summed E-state index contributed by atoms with van der Waals surface area (Å²) >= 11 is 0. The summed E-state index contributed by atoms with van der Waals surface area (Å²) in [5.74, 6) is 1.91. The van der Waals surface area contributed by atoms with Gasteiger partial charge >= 0.3 is 0 Å². The van der Waals surface area contributed by atoms with Gasteiger partial charge in [0.15, 0.2) is 5.96 Å². The summed E-state index contributed by atoms with van der Waals surface area (Å²) in [5.41, 5.74) is 6.75. The van der Waals surface area contributed by atoms with Gasteiger partial charge in [0, 0.05) is 0 Å². The number of furan rings is 1. The average Bonchev–Trinajstić information content (AvgIpc) is 3.01. The fourth-order valence-corrected chi connectivity index (χ4v) is 2.10. The second-order valence-corrected chi connectivity index (χ2v) is 5.05. The second-order valence-electron chi connectivity index (χ2n) is 5.05. The van der Waals surface area contributed by atoms with E-state index in [1.807, 2.05) is 55.4 Å². The number of halogens is 1. The van der Waals surface area contributed by atoms with E-state index in [-0.39, 0.29) is 30.0 Å². The second kappa shape index (κ2) is 9.41. The molecule has 126 valence electrons. The number of ether oxygens (including phenoxy) is 1. The third kappa shape index (κ3) is 5.43. The zero-order chi connectivity index (χ0) is 15.9. The van der Waals surface area contributed by atoms with Crippen LogP contribution in [0, 0.1) is 0 Å². The first-order valence-electron chi connectivity index (χ1n) is 7.01. The first-order chi connectivity index (χ1) is 10.6. The van der Waals surface area contributed by atoms with Gasteiger partial charge in [-0.3, -0.25) is 9.89 Å². The van der Waals surface area contributed by atoms with Crippen LogP contribution in [0.25, 0.3) is 0 Å². The van der Waals surface area contributed by atoms with Crippen molar-refractivity contribution in [2.45, 2.75) is 6.04 Å². The zero-order valence-corrected chi connectivity index (χ0v) is 15.9. The molecule has 6 nitrogen and oxygen atoms in total. The van der Waals surface area contributed by atoms with E-state index in [1.165, 1.54) is 0 Å². The number of aliphatic imine (C=N–C) groups is 1. The van der Waals surface area contributed by atoms with E-state index >= 15 is 0 Å². The molecule has 1 heterocycles. The van der Waals surface area contributed by atoms with E-state index in [0.29, 0.717) is 12.5 Å². The molecular weight excluding hydrogens is 407 g/mol. The molecule has 1 unspecified atom stereocenters. The topological polar surface area (TPSA) is 76.0 Å². The average molecular weight is 430 g/mol. The van der Waals surface area contributed by atoms with Crippen LogP contribution in [0.2, 0.25) is 0 Å². The number of methoxy groups -OCH3 is 1. The molecule has 0 bridgehead atoms. The van der Waals surface area contributed by atoms with Gasteiger partial charge in [0.05, 0.1) is 31.6 Å². The highest BCUT2D eigenvalue weighted by atomic mass is 127. The predicted octanol–water partition coefficient (Wildman–Crippen LogP) is 2.94. The number of benzene rings is 1. The predicted molar refractivity (Wildman–Crippen MR) is 104 cm³/mol. The van der Waals surface area contributed by atoms with Crippen molar-refractivity contribution in [3.63, 3.8) is 0 Å². The fourth-order valence-electron chi connectivity index (χ4n) is 2.10. The third-order valence-electron chi connectivity index (χ3n) is 3.30. The largest absolute Gasteiger partial charge is 0.495 e. The Balaban J connectivity index is 0.00000264. The molecule has 3 N–H and O–H groups in total. The van der Waals surface area contributed by atoms with Crippen molar-refractivity contribution in [1.82, 2.24) is 4.90 Å². The van der Waals surface area contributed by atoms with Crippen LogP contribution in [0.3, 0.4) is 0 Å². The summed E-state index contributed by atoms with van der Waals surface area (Å²) in [5, 5.41) is 3.05. The lowest BCUT2D eigenvalue weighted by atomic mass is 10.2. The van der Waals surface area contributed by atoms with Crippen LogP contribution in [0.4, 0.5) is 5.69 Å². The molecule has 0 radical (unpaired) electrons. The fraction of sp³-hybridized carbons (Fsp3) is 0.312. The summed E-state index contributed by atoms with van der Waals surface area (Å²) in [6, 6.07) is 11.4. The van der Waals surface area contributed by atoms with Gasteiger partial charge in [0.1, 0.15) is 11.5 Å². The Morgan fingerprint density at radius 2 is 2.04 bits per heavy atom. The van der Waals surface area contributed by atoms with Gasteiger partial charge in [0.2, 0.25) is 0 Å². The lowest BCUT2D eigenvalue weighted by Crippen LogP contribution is -2.27. The Bertz CT molecular complexity index is 614. The minimum absolute atomic E-state index is 0. The molecule has 0 aliphatic heterocycles. The molecule has 0 amide bonds. The molecule has 0 saturated carbocycles. The Kier molecular flexibility index (Phi) is 7.90. The molecule has 2 rings (SSSR count). The minimum atomic E-state index is 0. The number of para-hydroxylation sites is 2. The van der Waals surface area contributed by atoms with Crippen molar-refractivity contribution in [1.29, 1.82) is 0 Å². The van der Waals surface area contributed by atoms with Gasteiger partial charge in [0.25, 0.3) is 0 Å². The van der Waals surface area contributed by atoms with Crippen LogP contribution in [0.1, 0.15) is 11.8 Å². The smallest absolute Gasteiger partial charge is 0.193 e. The van der Waals surface area contributed by atoms with Crippen molar-refractivity contribution in [2.75, 3.05) is 33.1 Å². The molecular formula is C16H23IN4O2. The zero-order valence-electron chi connectivity index (χ0n) is 13.5. The summed E-state index contributed by atoms with van der Waals surface area (Å²) in [6.45, 7) is 0.495. The maximum Gasteiger partial charge on any atom is 0.193 e. The molecule has 0 aliphatic carbocycles. The first kappa shape index (κ1) is 19.3. The number of rotatable bonds is 6. The first-order valence-corrected chi connectivity index (χ1v) is 7.01. The Morgan fingerprint density at radius 1 is 1.30 bits per heavy atom. The van der Waals surface area contributed by atoms with Gasteiger partial charge in [-0.2, -0.15) is 0 Å². The number of nitrogens with one attached hydrogen (secondary N) is 1. The van der Waals surface area contributed by atoms with Crippen LogP contribution >= 0.6 is 24.0 Å².